The zero-order valence-electron chi connectivity index (χ0n) is 33.5. The van der Waals surface area contributed by atoms with Crippen LogP contribution in [0.25, 0.3) is 10.8 Å². The normalized spacial score (nSPS) is 12.0. The summed E-state index contributed by atoms with van der Waals surface area (Å²) >= 11 is 12.2. The first-order valence-corrected chi connectivity index (χ1v) is 21.9. The Balaban J connectivity index is 1.25. The van der Waals surface area contributed by atoms with Crippen LogP contribution in [0.4, 0.5) is 69.3 Å². The topological polar surface area (TPSA) is 330 Å². The molecule has 0 aliphatic heterocycles. The van der Waals surface area contributed by atoms with Crippen LogP contribution in [0.15, 0.2) is 103 Å². The molecule has 0 saturated carbocycles. The maximum atomic E-state index is 12.7. The monoisotopic (exact) mass is 945 g/mol. The van der Waals surface area contributed by atoms with Crippen molar-refractivity contribution in [1.82, 2.24) is 29.9 Å². The van der Waals surface area contributed by atoms with Crippen molar-refractivity contribution in [2.75, 3.05) is 34.0 Å². The number of benzene rings is 5. The number of fused-ring (bicyclic) bond motifs is 1. The first-order chi connectivity index (χ1) is 30.2. The largest absolute Gasteiger partial charge is 0.505 e. The Morgan fingerprint density at radius 2 is 1.08 bits per heavy atom. The summed E-state index contributed by atoms with van der Waals surface area (Å²) in [6.07, 6.45) is 0. The van der Waals surface area contributed by atoms with E-state index in [4.69, 9.17) is 28.9 Å². The molecule has 0 amide bonds. The van der Waals surface area contributed by atoms with E-state index >= 15 is 0 Å². The van der Waals surface area contributed by atoms with Crippen LogP contribution in [-0.4, -0.2) is 68.0 Å². The van der Waals surface area contributed by atoms with E-state index in [1.54, 1.807) is 32.2 Å². The second kappa shape index (κ2) is 17.9. The fraction of sp³-hybridized carbons (Fsp3) is 0.105. The van der Waals surface area contributed by atoms with Crippen molar-refractivity contribution in [2.24, 2.45) is 20.5 Å². The number of nitrogens with zero attached hydrogens (tertiary/aromatic N) is 10. The molecule has 0 aliphatic carbocycles. The zero-order valence-corrected chi connectivity index (χ0v) is 36.7. The molecule has 328 valence electrons. The van der Waals surface area contributed by atoms with Crippen LogP contribution in [0.1, 0.15) is 16.7 Å². The molecule has 0 fully saturated rings. The predicted molar refractivity (Wildman–Crippen MR) is 241 cm³/mol. The minimum atomic E-state index is -4.99. The molecule has 0 spiro atoms. The molecular weight excluding hydrogens is 914 g/mol. The van der Waals surface area contributed by atoms with Gasteiger partial charge in [-0.2, -0.15) is 51.9 Å². The Labute approximate surface area is 373 Å². The van der Waals surface area contributed by atoms with E-state index in [2.05, 4.69) is 71.6 Å². The molecule has 0 bridgehead atoms. The fourth-order valence-corrected chi connectivity index (χ4v) is 7.59. The van der Waals surface area contributed by atoms with Gasteiger partial charge in [0.25, 0.3) is 20.2 Å². The lowest BCUT2D eigenvalue weighted by Crippen LogP contribution is -2.04. The van der Waals surface area contributed by atoms with Crippen molar-refractivity contribution in [1.29, 1.82) is 0 Å². The average molecular weight is 947 g/mol. The zero-order chi connectivity index (χ0) is 46.1. The molecule has 0 radical (unpaired) electrons. The first kappa shape index (κ1) is 44.8. The van der Waals surface area contributed by atoms with Gasteiger partial charge in [-0.15, -0.1) is 15.3 Å². The highest BCUT2D eigenvalue weighted by atomic mass is 35.5. The van der Waals surface area contributed by atoms with Crippen LogP contribution in [0, 0.1) is 20.8 Å². The standard InChI is InChI=1S/C38H33Cl2N15O7S2/c1-17-5-8-21(9-6-17)43-36-48-34(40)49-38(51-36)45-23-11-12-26(63(57,58)59)25(16-23)53-54-30-19(3)13-20-14-27(64(60,61)62)31(29(41)28(20)32(30)56)55-52-24-15-22(10-7-18(24)2)44-37-47-33(39)46-35(42-4)50-37/h5-16,56H,41H2,1-4H3,(H,57,58,59)(H,60,61,62)(H2,42,44,46,47,50)(H2,43,45,48,49,51). The van der Waals surface area contributed by atoms with Gasteiger partial charge in [0.15, 0.2) is 5.75 Å². The van der Waals surface area contributed by atoms with Crippen LogP contribution < -0.4 is 27.0 Å². The summed E-state index contributed by atoms with van der Waals surface area (Å²) in [6.45, 7) is 5.14. The molecule has 7 rings (SSSR count). The summed E-state index contributed by atoms with van der Waals surface area (Å²) in [5.41, 5.74) is 8.28. The van der Waals surface area contributed by atoms with Gasteiger partial charge in [-0.3, -0.25) is 9.11 Å². The predicted octanol–water partition coefficient (Wildman–Crippen LogP) is 9.33. The minimum absolute atomic E-state index is 0.0412. The molecule has 0 saturated heterocycles. The number of aryl methyl sites for hydroxylation is 3. The molecule has 64 heavy (non-hydrogen) atoms. The van der Waals surface area contributed by atoms with Gasteiger partial charge in [-0.25, -0.2) is 0 Å². The number of hydrogen-bond donors (Lipinski definition) is 8. The SMILES string of the molecule is CNc1nc(Cl)nc(Nc2ccc(C)c(N=Nc3c(S(=O)(=O)O)cc4cc(C)c(N=Nc5cc(Nc6nc(Cl)nc(Nc7ccc(C)cc7)n6)ccc5S(=O)(=O)O)c(O)c4c3N)c2)n1. The van der Waals surface area contributed by atoms with Crippen molar-refractivity contribution in [2.45, 2.75) is 30.6 Å². The van der Waals surface area contributed by atoms with E-state index in [0.717, 1.165) is 17.7 Å². The molecule has 5 aromatic carbocycles. The lowest BCUT2D eigenvalue weighted by atomic mass is 10.0. The number of anilines is 8. The molecule has 2 heterocycles. The van der Waals surface area contributed by atoms with E-state index in [0.29, 0.717) is 16.9 Å². The number of aromatic hydroxyl groups is 1. The molecule has 7 aromatic rings. The smallest absolute Gasteiger partial charge is 0.296 e. The fourth-order valence-electron chi connectivity index (χ4n) is 6.00. The van der Waals surface area contributed by atoms with Crippen LogP contribution >= 0.6 is 23.2 Å². The number of nitrogen functional groups attached to an aromatic ring is 1. The molecule has 0 atom stereocenters. The number of halogens is 2. The molecule has 2 aromatic heterocycles. The van der Waals surface area contributed by atoms with E-state index in [1.165, 1.54) is 25.1 Å². The maximum absolute atomic E-state index is 12.7. The van der Waals surface area contributed by atoms with Gasteiger partial charge >= 0.3 is 0 Å². The highest BCUT2D eigenvalue weighted by Crippen LogP contribution is 2.47. The Kier molecular flexibility index (Phi) is 12.5. The number of phenols is 1. The van der Waals surface area contributed by atoms with Crippen LogP contribution in [0.5, 0.6) is 5.75 Å². The Morgan fingerprint density at radius 3 is 1.67 bits per heavy atom. The minimum Gasteiger partial charge on any atom is -0.505 e. The third kappa shape index (κ3) is 10.2. The Hall–Kier alpha value is -7.22. The van der Waals surface area contributed by atoms with Gasteiger partial charge in [0.05, 0.1) is 16.8 Å². The second-order valence-electron chi connectivity index (χ2n) is 13.7. The average Bonchev–Trinajstić information content (AvgIpc) is 3.21. The summed E-state index contributed by atoms with van der Waals surface area (Å²) < 4.78 is 70.6. The summed E-state index contributed by atoms with van der Waals surface area (Å²) in [5, 5.41) is 39.5. The molecule has 9 N–H and O–H groups in total. The number of nitrogens with two attached hydrogens (primary N) is 1. The highest BCUT2D eigenvalue weighted by Gasteiger charge is 2.25. The van der Waals surface area contributed by atoms with E-state index in [-0.39, 0.29) is 73.4 Å². The molecule has 22 nitrogen and oxygen atoms in total. The summed E-state index contributed by atoms with van der Waals surface area (Å²) in [5.74, 6) is -0.256. The maximum Gasteiger partial charge on any atom is 0.296 e. The van der Waals surface area contributed by atoms with Crippen molar-refractivity contribution < 1.29 is 31.0 Å². The van der Waals surface area contributed by atoms with Crippen molar-refractivity contribution in [3.8, 4) is 5.75 Å². The highest BCUT2D eigenvalue weighted by molar-refractivity contribution is 7.86. The van der Waals surface area contributed by atoms with Crippen molar-refractivity contribution in [3.05, 3.63) is 100 Å². The third-order valence-electron chi connectivity index (χ3n) is 9.04. The van der Waals surface area contributed by atoms with Crippen LogP contribution in [0.3, 0.4) is 0 Å². The first-order valence-electron chi connectivity index (χ1n) is 18.3. The summed E-state index contributed by atoms with van der Waals surface area (Å²) in [7, 11) is -8.27. The lowest BCUT2D eigenvalue weighted by Gasteiger charge is -2.14. The molecule has 0 unspecified atom stereocenters. The van der Waals surface area contributed by atoms with Gasteiger partial charge in [0.2, 0.25) is 34.4 Å². The van der Waals surface area contributed by atoms with Crippen molar-refractivity contribution in [3.63, 3.8) is 0 Å². The van der Waals surface area contributed by atoms with Gasteiger partial charge in [0.1, 0.15) is 26.9 Å². The van der Waals surface area contributed by atoms with Crippen molar-refractivity contribution >= 4 is 124 Å². The quantitative estimate of drug-likeness (QED) is 0.0303. The van der Waals surface area contributed by atoms with Gasteiger partial charge in [-0.05, 0) is 115 Å². The van der Waals surface area contributed by atoms with Gasteiger partial charge in [0, 0.05) is 24.1 Å². The third-order valence-corrected chi connectivity index (χ3v) is 11.1. The number of nitrogens with one attached hydrogen (secondary N) is 4. The number of hydrogen-bond acceptors (Lipinski definition) is 20. The Bertz CT molecular complexity index is 3290. The number of rotatable bonds is 13. The van der Waals surface area contributed by atoms with Gasteiger partial charge in [-0.1, -0.05) is 23.8 Å². The second-order valence-corrected chi connectivity index (χ2v) is 17.1. The van der Waals surface area contributed by atoms with E-state index in [9.17, 15) is 31.0 Å². The van der Waals surface area contributed by atoms with E-state index in [1.807, 2.05) is 31.2 Å². The van der Waals surface area contributed by atoms with Crippen LogP contribution in [0.2, 0.25) is 10.6 Å². The summed E-state index contributed by atoms with van der Waals surface area (Å²) in [6, 6.07) is 18.3. The van der Waals surface area contributed by atoms with E-state index < -0.39 is 47.2 Å². The number of phenolic OH excluding ortho intramolecular Hbond substituents is 1. The molecule has 0 aliphatic rings. The molecule has 26 heteroatoms. The van der Waals surface area contributed by atoms with Crippen LogP contribution in [-0.2, 0) is 20.2 Å². The number of azo groups is 2. The van der Waals surface area contributed by atoms with Gasteiger partial charge < -0.3 is 32.1 Å². The number of aromatic nitrogens is 6. The molecular formula is C38H33Cl2N15O7S2. The summed E-state index contributed by atoms with van der Waals surface area (Å²) in [4.78, 5) is 23.3. The lowest BCUT2D eigenvalue weighted by molar-refractivity contribution is 0.480. The Morgan fingerprint density at radius 1 is 0.578 bits per heavy atom.